The number of hydrogen-bond acceptors (Lipinski definition) is 3. The molecule has 0 bridgehead atoms. The molecule has 0 aliphatic rings. The molecule has 104 valence electrons. The molecule has 1 aromatic rings. The number of alkyl halides is 3. The van der Waals surface area contributed by atoms with Crippen molar-refractivity contribution in [3.05, 3.63) is 29.3 Å². The molecule has 1 rings (SSSR count). The Labute approximate surface area is 114 Å². The summed E-state index contributed by atoms with van der Waals surface area (Å²) in [6.45, 7) is 1.24. The van der Waals surface area contributed by atoms with Crippen LogP contribution in [-0.4, -0.2) is 30.0 Å². The van der Waals surface area contributed by atoms with Crippen molar-refractivity contribution in [1.82, 2.24) is 4.90 Å². The predicted octanol–water partition coefficient (Wildman–Crippen LogP) is 3.13. The fourth-order valence-corrected chi connectivity index (χ4v) is 1.35. The van der Waals surface area contributed by atoms with E-state index in [2.05, 4.69) is 0 Å². The van der Waals surface area contributed by atoms with Crippen LogP contribution in [0.25, 0.3) is 0 Å². The van der Waals surface area contributed by atoms with Crippen LogP contribution in [0.3, 0.4) is 0 Å². The molecule has 3 nitrogen and oxygen atoms in total. The molecule has 0 fully saturated rings. The molecule has 0 aliphatic carbocycles. The van der Waals surface area contributed by atoms with E-state index in [0.29, 0.717) is 0 Å². The Morgan fingerprint density at radius 2 is 1.89 bits per heavy atom. The van der Waals surface area contributed by atoms with Crippen LogP contribution in [-0.2, 0) is 6.18 Å². The first-order valence-corrected chi connectivity index (χ1v) is 5.65. The van der Waals surface area contributed by atoms with Gasteiger partial charge in [0.15, 0.2) is 5.78 Å². The van der Waals surface area contributed by atoms with E-state index >= 15 is 0 Å². The molecule has 0 radical (unpaired) electrons. The highest BCUT2D eigenvalue weighted by Crippen LogP contribution is 2.33. The average molecular weight is 291 g/mol. The van der Waals surface area contributed by atoms with Crippen LogP contribution in [0.5, 0.6) is 5.75 Å². The minimum atomic E-state index is -4.51. The van der Waals surface area contributed by atoms with Crippen molar-refractivity contribution < 1.29 is 22.7 Å². The van der Waals surface area contributed by atoms with Crippen LogP contribution in [0.4, 0.5) is 13.2 Å². The van der Waals surface area contributed by atoms with Crippen LogP contribution in [0.1, 0.15) is 22.8 Å². The summed E-state index contributed by atoms with van der Waals surface area (Å²) in [5, 5.41) is -0.0261. The number of hydrogen-bond donors (Lipinski definition) is 0. The topological polar surface area (TPSA) is 29.5 Å². The Hall–Kier alpha value is -1.63. The quantitative estimate of drug-likeness (QED) is 0.618. The lowest BCUT2D eigenvalue weighted by Crippen LogP contribution is -2.25. The normalized spacial score (nSPS) is 11.1. The van der Waals surface area contributed by atoms with Gasteiger partial charge in [0.2, 0.25) is 0 Å². The molecule has 7 heteroatoms. The highest BCUT2D eigenvalue weighted by atomic mass is 32.1. The molecule has 0 saturated carbocycles. The van der Waals surface area contributed by atoms with Crippen molar-refractivity contribution in [3.63, 3.8) is 0 Å². The summed E-state index contributed by atoms with van der Waals surface area (Å²) in [5.74, 6) is -0.591. The van der Waals surface area contributed by atoms with Crippen molar-refractivity contribution in [2.75, 3.05) is 14.1 Å². The zero-order chi connectivity index (χ0) is 14.8. The number of nitrogens with zero attached hydrogens (tertiary/aromatic N) is 1. The number of rotatable bonds is 2. The molecule has 0 N–H and O–H groups in total. The predicted molar refractivity (Wildman–Crippen MR) is 68.4 cm³/mol. The lowest BCUT2D eigenvalue weighted by atomic mass is 10.1. The van der Waals surface area contributed by atoms with Gasteiger partial charge >= 0.3 is 6.18 Å². The molecular formula is C12H12F3NO2S. The van der Waals surface area contributed by atoms with Crippen LogP contribution >= 0.6 is 12.2 Å². The van der Waals surface area contributed by atoms with Crippen LogP contribution in [0, 0.1) is 0 Å². The van der Waals surface area contributed by atoms with E-state index in [1.54, 1.807) is 14.1 Å². The third kappa shape index (κ3) is 3.92. The van der Waals surface area contributed by atoms with Gasteiger partial charge in [0, 0.05) is 14.1 Å². The lowest BCUT2D eigenvalue weighted by Gasteiger charge is -2.17. The third-order valence-corrected chi connectivity index (χ3v) is 2.70. The Balaban J connectivity index is 3.24. The zero-order valence-electron chi connectivity index (χ0n) is 10.5. The monoisotopic (exact) mass is 291 g/mol. The first-order chi connectivity index (χ1) is 8.62. The van der Waals surface area contributed by atoms with Gasteiger partial charge in [-0.15, -0.1) is 0 Å². The highest BCUT2D eigenvalue weighted by molar-refractivity contribution is 7.80. The summed E-state index contributed by atoms with van der Waals surface area (Å²) in [7, 11) is 3.17. The lowest BCUT2D eigenvalue weighted by molar-refractivity contribution is -0.137. The molecule has 0 atom stereocenters. The Morgan fingerprint density at radius 1 is 1.32 bits per heavy atom. The molecule has 0 aliphatic heterocycles. The summed E-state index contributed by atoms with van der Waals surface area (Å²) in [5.41, 5.74) is -0.841. The smallest absolute Gasteiger partial charge is 0.416 e. The van der Waals surface area contributed by atoms with E-state index in [0.717, 1.165) is 18.2 Å². The van der Waals surface area contributed by atoms with E-state index in [-0.39, 0.29) is 16.5 Å². The Morgan fingerprint density at radius 3 is 2.32 bits per heavy atom. The molecule has 1 aromatic carbocycles. The second kappa shape index (κ2) is 5.56. The highest BCUT2D eigenvalue weighted by Gasteiger charge is 2.31. The van der Waals surface area contributed by atoms with Gasteiger partial charge in [-0.05, 0) is 37.3 Å². The number of Topliss-reactive ketones (excluding diaryl/α,β-unsaturated/α-hetero) is 1. The molecular weight excluding hydrogens is 279 g/mol. The molecule has 0 amide bonds. The standard InChI is InChI=1S/C12H12F3NO2S/c1-7(17)9-5-4-8(12(13,14)15)6-10(9)18-11(19)16(2)3/h4-6H,1-3H3. The largest absolute Gasteiger partial charge is 0.431 e. The summed E-state index contributed by atoms with van der Waals surface area (Å²) in [4.78, 5) is 12.8. The number of carbonyl (C=O) groups excluding carboxylic acids is 1. The van der Waals surface area contributed by atoms with E-state index < -0.39 is 17.5 Å². The van der Waals surface area contributed by atoms with Crippen LogP contribution in [0.2, 0.25) is 0 Å². The summed E-state index contributed by atoms with van der Waals surface area (Å²) < 4.78 is 43.0. The maximum Gasteiger partial charge on any atom is 0.416 e. The van der Waals surface area contributed by atoms with Gasteiger partial charge in [-0.1, -0.05) is 0 Å². The van der Waals surface area contributed by atoms with Crippen LogP contribution < -0.4 is 4.74 Å². The van der Waals surface area contributed by atoms with Gasteiger partial charge < -0.3 is 9.64 Å². The minimum Gasteiger partial charge on any atom is -0.431 e. The van der Waals surface area contributed by atoms with Crippen molar-refractivity contribution in [1.29, 1.82) is 0 Å². The maximum absolute atomic E-state index is 12.6. The Kier molecular flexibility index (Phi) is 4.52. The molecule has 0 saturated heterocycles. The minimum absolute atomic E-state index is 0.0261. The number of carbonyl (C=O) groups is 1. The van der Waals surface area contributed by atoms with Crippen LogP contribution in [0.15, 0.2) is 18.2 Å². The number of ketones is 1. The van der Waals surface area contributed by atoms with Crippen molar-refractivity contribution in [2.45, 2.75) is 13.1 Å². The van der Waals surface area contributed by atoms with Crippen molar-refractivity contribution >= 4 is 23.2 Å². The fourth-order valence-electron chi connectivity index (χ4n) is 1.26. The molecule has 0 unspecified atom stereocenters. The zero-order valence-corrected chi connectivity index (χ0v) is 11.4. The van der Waals surface area contributed by atoms with E-state index in [1.807, 2.05) is 0 Å². The first-order valence-electron chi connectivity index (χ1n) is 5.24. The fraction of sp³-hybridized carbons (Fsp3) is 0.333. The SMILES string of the molecule is CC(=O)c1ccc(C(F)(F)F)cc1OC(=S)N(C)C. The third-order valence-electron chi connectivity index (χ3n) is 2.25. The average Bonchev–Trinajstić information content (AvgIpc) is 2.27. The van der Waals surface area contributed by atoms with E-state index in [4.69, 9.17) is 17.0 Å². The number of thiocarbonyl (C=S) groups is 1. The molecule has 0 aromatic heterocycles. The number of ether oxygens (including phenoxy) is 1. The second-order valence-electron chi connectivity index (χ2n) is 4.03. The van der Waals surface area contributed by atoms with Gasteiger partial charge in [0.1, 0.15) is 5.75 Å². The maximum atomic E-state index is 12.6. The molecule has 0 spiro atoms. The van der Waals surface area contributed by atoms with Gasteiger partial charge in [-0.25, -0.2) is 0 Å². The number of halogens is 3. The van der Waals surface area contributed by atoms with E-state index in [9.17, 15) is 18.0 Å². The Bertz CT molecular complexity index is 512. The van der Waals surface area contributed by atoms with Gasteiger partial charge in [-0.2, -0.15) is 13.2 Å². The van der Waals surface area contributed by atoms with Gasteiger partial charge in [0.05, 0.1) is 11.1 Å². The van der Waals surface area contributed by atoms with Gasteiger partial charge in [0.25, 0.3) is 5.17 Å². The van der Waals surface area contributed by atoms with Crippen molar-refractivity contribution in [2.24, 2.45) is 0 Å². The summed E-state index contributed by atoms with van der Waals surface area (Å²) in [6, 6.07) is 2.69. The second-order valence-corrected chi connectivity index (χ2v) is 4.38. The summed E-state index contributed by atoms with van der Waals surface area (Å²) >= 11 is 4.85. The number of benzene rings is 1. The summed E-state index contributed by atoms with van der Waals surface area (Å²) in [6.07, 6.45) is -4.51. The van der Waals surface area contributed by atoms with E-state index in [1.165, 1.54) is 11.8 Å². The van der Waals surface area contributed by atoms with Crippen molar-refractivity contribution in [3.8, 4) is 5.75 Å². The van der Waals surface area contributed by atoms with Gasteiger partial charge in [-0.3, -0.25) is 4.79 Å². The molecule has 19 heavy (non-hydrogen) atoms. The molecule has 0 heterocycles. The first kappa shape index (κ1) is 15.4.